The van der Waals surface area contributed by atoms with Gasteiger partial charge in [0, 0.05) is 12.3 Å². The maximum atomic E-state index is 12.5. The normalized spacial score (nSPS) is 13.3. The summed E-state index contributed by atoms with van der Waals surface area (Å²) in [5.41, 5.74) is -0.211. The summed E-state index contributed by atoms with van der Waals surface area (Å²) in [6.07, 6.45) is -2.87. The minimum Gasteiger partial charge on any atom is -0.611 e. The van der Waals surface area contributed by atoms with Crippen LogP contribution in [0.5, 0.6) is 0 Å². The fraction of sp³-hybridized carbons (Fsp3) is 0.154. The molecular weight excluding hydrogens is 275 g/mol. The van der Waals surface area contributed by atoms with E-state index in [1.54, 1.807) is 24.4 Å². The lowest BCUT2D eigenvalue weighted by atomic mass is 10.2. The molecule has 2 nitrogen and oxygen atoms in total. The van der Waals surface area contributed by atoms with Gasteiger partial charge in [-0.3, -0.25) is 4.98 Å². The molecule has 1 heterocycles. The number of benzene rings is 1. The van der Waals surface area contributed by atoms with Gasteiger partial charge in [0.1, 0.15) is 0 Å². The van der Waals surface area contributed by atoms with Gasteiger partial charge in [0.2, 0.25) is 0 Å². The van der Waals surface area contributed by atoms with Crippen molar-refractivity contribution in [2.45, 2.75) is 16.8 Å². The lowest BCUT2D eigenvalue weighted by Gasteiger charge is -2.12. The van der Waals surface area contributed by atoms with Gasteiger partial charge in [0.15, 0.2) is 10.6 Å². The fourth-order valence-electron chi connectivity index (χ4n) is 1.52. The van der Waals surface area contributed by atoms with E-state index in [4.69, 9.17) is 0 Å². The molecule has 19 heavy (non-hydrogen) atoms. The molecule has 0 radical (unpaired) electrons. The van der Waals surface area contributed by atoms with E-state index in [1.807, 2.05) is 0 Å². The number of halogens is 3. The van der Waals surface area contributed by atoms with Gasteiger partial charge in [-0.05, 0) is 35.4 Å². The highest BCUT2D eigenvalue weighted by molar-refractivity contribution is 7.90. The second kappa shape index (κ2) is 5.63. The van der Waals surface area contributed by atoms with Crippen LogP contribution in [0.15, 0.2) is 53.6 Å². The summed E-state index contributed by atoms with van der Waals surface area (Å²) < 4.78 is 49.6. The largest absolute Gasteiger partial charge is 0.611 e. The molecule has 0 fully saturated rings. The Hall–Kier alpha value is -1.53. The summed E-state index contributed by atoms with van der Waals surface area (Å²) in [5, 5.41) is 0. The van der Waals surface area contributed by atoms with Gasteiger partial charge in [0.05, 0.1) is 11.3 Å². The minimum atomic E-state index is -4.43. The third kappa shape index (κ3) is 3.71. The quantitative estimate of drug-likeness (QED) is 0.810. The molecule has 0 bridgehead atoms. The summed E-state index contributed by atoms with van der Waals surface area (Å²) in [6.45, 7) is 0. The molecule has 6 heteroatoms. The van der Waals surface area contributed by atoms with Crippen LogP contribution in [0.25, 0.3) is 0 Å². The molecule has 0 N–H and O–H groups in total. The Labute approximate surface area is 111 Å². The van der Waals surface area contributed by atoms with Gasteiger partial charge in [0.25, 0.3) is 0 Å². The molecule has 1 atom stereocenters. The third-order valence-corrected chi connectivity index (χ3v) is 3.77. The van der Waals surface area contributed by atoms with Crippen LogP contribution in [0.4, 0.5) is 13.2 Å². The zero-order valence-electron chi connectivity index (χ0n) is 9.72. The zero-order valence-corrected chi connectivity index (χ0v) is 10.5. The van der Waals surface area contributed by atoms with Crippen molar-refractivity contribution < 1.29 is 17.7 Å². The molecule has 0 saturated carbocycles. The maximum Gasteiger partial charge on any atom is 0.416 e. The van der Waals surface area contributed by atoms with Crippen molar-refractivity contribution in [3.8, 4) is 0 Å². The first kappa shape index (κ1) is 13.9. The predicted molar refractivity (Wildman–Crippen MR) is 65.8 cm³/mol. The molecule has 1 unspecified atom stereocenters. The number of pyridine rings is 1. The zero-order chi connectivity index (χ0) is 13.9. The summed E-state index contributed by atoms with van der Waals surface area (Å²) in [7, 11) is 0. The van der Waals surface area contributed by atoms with E-state index < -0.39 is 22.9 Å². The lowest BCUT2D eigenvalue weighted by Crippen LogP contribution is -2.10. The topological polar surface area (TPSA) is 36.0 Å². The maximum absolute atomic E-state index is 12.5. The molecule has 0 amide bonds. The van der Waals surface area contributed by atoms with Gasteiger partial charge >= 0.3 is 6.18 Å². The Morgan fingerprint density at radius 2 is 1.89 bits per heavy atom. The second-order valence-corrected chi connectivity index (χ2v) is 5.29. The Morgan fingerprint density at radius 3 is 2.53 bits per heavy atom. The van der Waals surface area contributed by atoms with E-state index >= 15 is 0 Å². The molecule has 0 aliphatic heterocycles. The van der Waals surface area contributed by atoms with Crippen LogP contribution < -0.4 is 0 Å². The predicted octanol–water partition coefficient (Wildman–Crippen LogP) is 3.41. The summed E-state index contributed by atoms with van der Waals surface area (Å²) in [4.78, 5) is 4.15. The first-order valence-electron chi connectivity index (χ1n) is 5.42. The van der Waals surface area contributed by atoms with Crippen molar-refractivity contribution in [2.24, 2.45) is 0 Å². The van der Waals surface area contributed by atoms with Crippen molar-refractivity contribution >= 4 is 11.2 Å². The SMILES string of the molecule is [O-][S+](Cc1ccccn1)c1cccc(C(F)(F)F)c1. The van der Waals surface area contributed by atoms with Crippen LogP contribution in [-0.4, -0.2) is 9.54 Å². The monoisotopic (exact) mass is 285 g/mol. The molecule has 1 aromatic heterocycles. The Bertz CT molecular complexity index is 545. The Kier molecular flexibility index (Phi) is 4.11. The first-order chi connectivity index (χ1) is 8.97. The standard InChI is InChI=1S/C13H10F3NOS/c14-13(15,16)10-4-3-6-12(8-10)19(18)9-11-5-1-2-7-17-11/h1-8H,9H2. The highest BCUT2D eigenvalue weighted by atomic mass is 32.2. The average Bonchev–Trinajstić information content (AvgIpc) is 2.39. The van der Waals surface area contributed by atoms with Crippen LogP contribution in [0.3, 0.4) is 0 Å². The van der Waals surface area contributed by atoms with Crippen molar-refractivity contribution in [3.63, 3.8) is 0 Å². The molecule has 0 aliphatic carbocycles. The van der Waals surface area contributed by atoms with E-state index in [1.165, 1.54) is 12.1 Å². The summed E-state index contributed by atoms with van der Waals surface area (Å²) >= 11 is -1.54. The fourth-order valence-corrected chi connectivity index (χ4v) is 2.61. The third-order valence-electron chi connectivity index (χ3n) is 2.43. The van der Waals surface area contributed by atoms with Gasteiger partial charge in [-0.1, -0.05) is 12.1 Å². The Morgan fingerprint density at radius 1 is 1.11 bits per heavy atom. The molecule has 2 aromatic rings. The highest BCUT2D eigenvalue weighted by Gasteiger charge is 2.31. The van der Waals surface area contributed by atoms with Crippen LogP contribution in [-0.2, 0) is 23.1 Å². The van der Waals surface area contributed by atoms with Gasteiger partial charge in [-0.15, -0.1) is 0 Å². The van der Waals surface area contributed by atoms with Crippen LogP contribution >= 0.6 is 0 Å². The average molecular weight is 285 g/mol. The first-order valence-corrected chi connectivity index (χ1v) is 6.74. The molecule has 0 saturated heterocycles. The van der Waals surface area contributed by atoms with Crippen molar-refractivity contribution in [2.75, 3.05) is 0 Å². The van der Waals surface area contributed by atoms with Gasteiger partial charge in [-0.25, -0.2) is 0 Å². The highest BCUT2D eigenvalue weighted by Crippen LogP contribution is 2.30. The van der Waals surface area contributed by atoms with E-state index in [2.05, 4.69) is 4.98 Å². The summed E-state index contributed by atoms with van der Waals surface area (Å²) in [6, 6.07) is 9.71. The van der Waals surface area contributed by atoms with Crippen LogP contribution in [0, 0.1) is 0 Å². The number of nitrogens with zero attached hydrogens (tertiary/aromatic N) is 1. The van der Waals surface area contributed by atoms with Crippen molar-refractivity contribution in [1.82, 2.24) is 4.98 Å². The van der Waals surface area contributed by atoms with E-state index in [9.17, 15) is 17.7 Å². The van der Waals surface area contributed by atoms with E-state index in [0.717, 1.165) is 12.1 Å². The van der Waals surface area contributed by atoms with Gasteiger partial charge < -0.3 is 4.55 Å². The molecule has 2 rings (SSSR count). The van der Waals surface area contributed by atoms with Crippen molar-refractivity contribution in [3.05, 3.63) is 59.9 Å². The number of rotatable bonds is 3. The second-order valence-electron chi connectivity index (χ2n) is 3.84. The lowest BCUT2D eigenvalue weighted by molar-refractivity contribution is -0.137. The van der Waals surface area contributed by atoms with Crippen molar-refractivity contribution in [1.29, 1.82) is 0 Å². The Balaban J connectivity index is 2.18. The number of hydrogen-bond acceptors (Lipinski definition) is 2. The summed E-state index contributed by atoms with van der Waals surface area (Å²) in [5.74, 6) is 0.0994. The minimum absolute atomic E-state index is 0.0994. The number of aromatic nitrogens is 1. The van der Waals surface area contributed by atoms with E-state index in [-0.39, 0.29) is 10.6 Å². The molecule has 0 aliphatic rings. The van der Waals surface area contributed by atoms with Crippen LogP contribution in [0.1, 0.15) is 11.3 Å². The number of alkyl halides is 3. The molecular formula is C13H10F3NOS. The number of hydrogen-bond donors (Lipinski definition) is 0. The van der Waals surface area contributed by atoms with Crippen LogP contribution in [0.2, 0.25) is 0 Å². The molecule has 100 valence electrons. The smallest absolute Gasteiger partial charge is 0.416 e. The molecule has 1 aromatic carbocycles. The molecule has 0 spiro atoms. The van der Waals surface area contributed by atoms with Gasteiger partial charge in [-0.2, -0.15) is 13.2 Å². The van der Waals surface area contributed by atoms with E-state index in [0.29, 0.717) is 5.69 Å².